The Morgan fingerprint density at radius 2 is 1.82 bits per heavy atom. The molecule has 0 heterocycles. The van der Waals surface area contributed by atoms with Crippen molar-refractivity contribution in [1.29, 1.82) is 0 Å². The average molecular weight is 149 g/mol. The van der Waals surface area contributed by atoms with Crippen LogP contribution in [0.5, 0.6) is 0 Å². The first-order valence-corrected chi connectivity index (χ1v) is 3.66. The molecule has 0 aliphatic heterocycles. The summed E-state index contributed by atoms with van der Waals surface area (Å²) < 4.78 is 0. The van der Waals surface area contributed by atoms with Crippen molar-refractivity contribution in [3.8, 4) is 0 Å². The Labute approximate surface area is 68.5 Å². The molecule has 1 aromatic rings. The van der Waals surface area contributed by atoms with Crippen LogP contribution in [0.3, 0.4) is 0 Å². The molecule has 0 unspecified atom stereocenters. The number of benzene rings is 1. The van der Waals surface area contributed by atoms with Gasteiger partial charge in [0.1, 0.15) is 0 Å². The van der Waals surface area contributed by atoms with Crippen LogP contribution in [0.2, 0.25) is 0 Å². The van der Waals surface area contributed by atoms with Crippen LogP contribution in [0.25, 0.3) is 0 Å². The predicted octanol–water partition coefficient (Wildman–Crippen LogP) is 2.34. The number of hydrogen-bond acceptors (Lipinski definition) is 1. The number of nitrogens with two attached hydrogens (primary N) is 1. The first-order chi connectivity index (χ1) is 5.35. The van der Waals surface area contributed by atoms with E-state index in [1.807, 2.05) is 37.3 Å². The molecular formula is C10H15N. The van der Waals surface area contributed by atoms with E-state index in [4.69, 9.17) is 5.73 Å². The fraction of sp³-hybridized carbons (Fsp3) is 0.200. The first-order valence-electron chi connectivity index (χ1n) is 3.66. The maximum Gasteiger partial charge on any atom is 0.0178 e. The minimum atomic E-state index is 0.640. The van der Waals surface area contributed by atoms with Gasteiger partial charge in [-0.15, -0.1) is 6.58 Å². The van der Waals surface area contributed by atoms with Crippen molar-refractivity contribution in [3.05, 3.63) is 48.6 Å². The normalized spacial score (nSPS) is 7.82. The zero-order chi connectivity index (χ0) is 8.53. The minimum absolute atomic E-state index is 0.640. The second-order valence-electron chi connectivity index (χ2n) is 2.10. The highest BCUT2D eigenvalue weighted by molar-refractivity contribution is 5.13. The zero-order valence-electron chi connectivity index (χ0n) is 6.96. The van der Waals surface area contributed by atoms with E-state index in [-0.39, 0.29) is 0 Å². The van der Waals surface area contributed by atoms with Crippen LogP contribution < -0.4 is 5.73 Å². The summed E-state index contributed by atoms with van der Waals surface area (Å²) in [4.78, 5) is 0. The lowest BCUT2D eigenvalue weighted by Gasteiger charge is -1.90. The van der Waals surface area contributed by atoms with Crippen LogP contribution in [0, 0.1) is 0 Å². The van der Waals surface area contributed by atoms with Crippen molar-refractivity contribution in [3.63, 3.8) is 0 Å². The molecular weight excluding hydrogens is 134 g/mol. The summed E-state index contributed by atoms with van der Waals surface area (Å²) in [5, 5.41) is 0. The van der Waals surface area contributed by atoms with Crippen molar-refractivity contribution in [1.82, 2.24) is 0 Å². The van der Waals surface area contributed by atoms with Crippen LogP contribution in [-0.2, 0) is 6.54 Å². The zero-order valence-corrected chi connectivity index (χ0v) is 6.96. The lowest BCUT2D eigenvalue weighted by atomic mass is 10.2. The van der Waals surface area contributed by atoms with Crippen molar-refractivity contribution in [2.24, 2.45) is 5.73 Å². The molecule has 0 fully saturated rings. The third kappa shape index (κ3) is 5.37. The molecule has 0 aliphatic rings. The quantitative estimate of drug-likeness (QED) is 0.609. The molecule has 11 heavy (non-hydrogen) atoms. The number of allylic oxidation sites excluding steroid dienone is 1. The predicted molar refractivity (Wildman–Crippen MR) is 50.2 cm³/mol. The Morgan fingerprint density at radius 1 is 1.36 bits per heavy atom. The van der Waals surface area contributed by atoms with E-state index in [0.717, 1.165) is 0 Å². The van der Waals surface area contributed by atoms with Gasteiger partial charge in [0.25, 0.3) is 0 Å². The molecule has 60 valence electrons. The minimum Gasteiger partial charge on any atom is -0.326 e. The molecule has 1 heteroatoms. The summed E-state index contributed by atoms with van der Waals surface area (Å²) in [6.07, 6.45) is 1.75. The molecule has 0 radical (unpaired) electrons. The summed E-state index contributed by atoms with van der Waals surface area (Å²) in [6, 6.07) is 9.99. The van der Waals surface area contributed by atoms with E-state index in [0.29, 0.717) is 6.54 Å². The van der Waals surface area contributed by atoms with Gasteiger partial charge in [-0.25, -0.2) is 0 Å². The second-order valence-corrected chi connectivity index (χ2v) is 2.10. The summed E-state index contributed by atoms with van der Waals surface area (Å²) in [5.41, 5.74) is 6.54. The van der Waals surface area contributed by atoms with Gasteiger partial charge >= 0.3 is 0 Å². The van der Waals surface area contributed by atoms with Gasteiger partial charge in [0.15, 0.2) is 0 Å². The molecule has 1 nitrogen and oxygen atoms in total. The van der Waals surface area contributed by atoms with Crippen molar-refractivity contribution in [2.45, 2.75) is 13.5 Å². The van der Waals surface area contributed by atoms with Crippen molar-refractivity contribution in [2.75, 3.05) is 0 Å². The van der Waals surface area contributed by atoms with Gasteiger partial charge in [-0.05, 0) is 12.5 Å². The lowest BCUT2D eigenvalue weighted by Crippen LogP contribution is -1.94. The molecule has 0 atom stereocenters. The van der Waals surface area contributed by atoms with Gasteiger partial charge in [-0.1, -0.05) is 36.4 Å². The summed E-state index contributed by atoms with van der Waals surface area (Å²) >= 11 is 0. The van der Waals surface area contributed by atoms with Gasteiger partial charge in [0, 0.05) is 6.54 Å². The molecule has 2 N–H and O–H groups in total. The van der Waals surface area contributed by atoms with E-state index in [1.165, 1.54) is 5.56 Å². The fourth-order valence-electron chi connectivity index (χ4n) is 0.614. The van der Waals surface area contributed by atoms with Crippen LogP contribution >= 0.6 is 0 Å². The van der Waals surface area contributed by atoms with Crippen LogP contribution in [0.1, 0.15) is 12.5 Å². The van der Waals surface area contributed by atoms with E-state index in [9.17, 15) is 0 Å². The Bertz CT molecular complexity index is 179. The molecule has 0 spiro atoms. The van der Waals surface area contributed by atoms with Gasteiger partial charge in [-0.3, -0.25) is 0 Å². The smallest absolute Gasteiger partial charge is 0.0178 e. The highest BCUT2D eigenvalue weighted by atomic mass is 14.5. The molecule has 0 aliphatic carbocycles. The van der Waals surface area contributed by atoms with E-state index in [2.05, 4.69) is 6.58 Å². The molecule has 1 aromatic carbocycles. The molecule has 0 bridgehead atoms. The molecule has 0 saturated heterocycles. The summed E-state index contributed by atoms with van der Waals surface area (Å²) in [6.45, 7) is 5.89. The molecule has 0 amide bonds. The third-order valence-electron chi connectivity index (χ3n) is 1.08. The molecule has 0 aromatic heterocycles. The Balaban J connectivity index is 0.000000292. The Morgan fingerprint density at radius 3 is 2.09 bits per heavy atom. The van der Waals surface area contributed by atoms with E-state index < -0.39 is 0 Å². The van der Waals surface area contributed by atoms with E-state index in [1.54, 1.807) is 6.08 Å². The maximum atomic E-state index is 5.35. The lowest BCUT2D eigenvalue weighted by molar-refractivity contribution is 1.07. The highest BCUT2D eigenvalue weighted by Crippen LogP contribution is 1.94. The van der Waals surface area contributed by atoms with Crippen molar-refractivity contribution < 1.29 is 0 Å². The topological polar surface area (TPSA) is 26.0 Å². The summed E-state index contributed by atoms with van der Waals surface area (Å²) in [7, 11) is 0. The van der Waals surface area contributed by atoms with Gasteiger partial charge in [0.2, 0.25) is 0 Å². The fourth-order valence-corrected chi connectivity index (χ4v) is 0.614. The number of hydrogen-bond donors (Lipinski definition) is 1. The Hall–Kier alpha value is -1.08. The first kappa shape index (κ1) is 9.92. The monoisotopic (exact) mass is 149 g/mol. The van der Waals surface area contributed by atoms with Crippen LogP contribution in [0.15, 0.2) is 43.0 Å². The van der Waals surface area contributed by atoms with Crippen molar-refractivity contribution >= 4 is 0 Å². The van der Waals surface area contributed by atoms with Crippen LogP contribution in [-0.4, -0.2) is 0 Å². The third-order valence-corrected chi connectivity index (χ3v) is 1.08. The molecule has 0 saturated carbocycles. The highest BCUT2D eigenvalue weighted by Gasteiger charge is 1.80. The SMILES string of the molecule is C=CC.NCc1ccccc1. The summed E-state index contributed by atoms with van der Waals surface area (Å²) in [5.74, 6) is 0. The molecule has 1 rings (SSSR count). The largest absolute Gasteiger partial charge is 0.326 e. The number of rotatable bonds is 1. The standard InChI is InChI=1S/C7H9N.C3H6/c8-6-7-4-2-1-3-5-7;1-3-2/h1-5H,6,8H2;3H,1H2,2H3. The van der Waals surface area contributed by atoms with E-state index >= 15 is 0 Å². The average Bonchev–Trinajstić information content (AvgIpc) is 2.08. The second kappa shape index (κ2) is 7.03. The maximum absolute atomic E-state index is 5.35. The van der Waals surface area contributed by atoms with Gasteiger partial charge in [0.05, 0.1) is 0 Å². The van der Waals surface area contributed by atoms with Crippen LogP contribution in [0.4, 0.5) is 0 Å². The Kier molecular flexibility index (Phi) is 6.34. The van der Waals surface area contributed by atoms with Gasteiger partial charge < -0.3 is 5.73 Å². The van der Waals surface area contributed by atoms with Gasteiger partial charge in [-0.2, -0.15) is 0 Å².